The van der Waals surface area contributed by atoms with Gasteiger partial charge in [0.15, 0.2) is 0 Å². The minimum absolute atomic E-state index is 0.144. The number of hydrogen-bond acceptors (Lipinski definition) is 2. The summed E-state index contributed by atoms with van der Waals surface area (Å²) in [6.45, 7) is 7.01. The molecular formula is C16H21ClFN3. The van der Waals surface area contributed by atoms with Crippen molar-refractivity contribution in [2.75, 3.05) is 6.54 Å². The highest BCUT2D eigenvalue weighted by Crippen LogP contribution is 2.26. The predicted octanol–water partition coefficient (Wildman–Crippen LogP) is 3.72. The molecule has 1 unspecified atom stereocenters. The van der Waals surface area contributed by atoms with Crippen LogP contribution < -0.4 is 5.32 Å². The second kappa shape index (κ2) is 6.58. The van der Waals surface area contributed by atoms with Gasteiger partial charge in [-0.15, -0.1) is 0 Å². The van der Waals surface area contributed by atoms with Crippen LogP contribution in [0.5, 0.6) is 0 Å². The van der Waals surface area contributed by atoms with E-state index in [1.165, 1.54) is 11.6 Å². The molecule has 5 heteroatoms. The number of nitrogens with one attached hydrogen (secondary N) is 1. The first kappa shape index (κ1) is 16.0. The molecular weight excluding hydrogens is 289 g/mol. The van der Waals surface area contributed by atoms with Crippen molar-refractivity contribution in [3.63, 3.8) is 0 Å². The standard InChI is InChI=1S/C16H21ClFN3/c1-5-19-15(16-10(2)20-21(4)11(16)3)9-12-6-7-14(18)13(17)8-12/h6-8,15,19H,5,9H2,1-4H3. The lowest BCUT2D eigenvalue weighted by molar-refractivity contribution is 0.543. The van der Waals surface area contributed by atoms with Gasteiger partial charge in [0.25, 0.3) is 0 Å². The molecule has 1 aromatic carbocycles. The van der Waals surface area contributed by atoms with Gasteiger partial charge in [-0.2, -0.15) is 5.10 Å². The van der Waals surface area contributed by atoms with E-state index < -0.39 is 0 Å². The lowest BCUT2D eigenvalue weighted by Crippen LogP contribution is -2.24. The number of likely N-dealkylation sites (N-methyl/N-ethyl adjacent to an activating group) is 1. The molecule has 0 saturated heterocycles. The zero-order valence-electron chi connectivity index (χ0n) is 12.9. The molecule has 114 valence electrons. The van der Waals surface area contributed by atoms with E-state index in [-0.39, 0.29) is 16.9 Å². The molecule has 21 heavy (non-hydrogen) atoms. The zero-order valence-corrected chi connectivity index (χ0v) is 13.6. The van der Waals surface area contributed by atoms with Crippen molar-refractivity contribution in [3.8, 4) is 0 Å². The van der Waals surface area contributed by atoms with Crippen molar-refractivity contribution >= 4 is 11.6 Å². The third-order valence-electron chi connectivity index (χ3n) is 3.79. The Hall–Kier alpha value is -1.39. The van der Waals surface area contributed by atoms with E-state index in [4.69, 9.17) is 11.6 Å². The van der Waals surface area contributed by atoms with Crippen LogP contribution in [0.4, 0.5) is 4.39 Å². The normalized spacial score (nSPS) is 12.7. The average Bonchev–Trinajstić information content (AvgIpc) is 2.67. The number of rotatable bonds is 5. The highest BCUT2D eigenvalue weighted by Gasteiger charge is 2.20. The van der Waals surface area contributed by atoms with E-state index in [0.717, 1.165) is 29.9 Å². The predicted molar refractivity (Wildman–Crippen MR) is 84.2 cm³/mol. The van der Waals surface area contributed by atoms with E-state index in [1.807, 2.05) is 18.7 Å². The fourth-order valence-electron chi connectivity index (χ4n) is 2.72. The van der Waals surface area contributed by atoms with Crippen molar-refractivity contribution in [2.45, 2.75) is 33.2 Å². The molecule has 0 saturated carbocycles. The zero-order chi connectivity index (χ0) is 15.6. The van der Waals surface area contributed by atoms with Crippen LogP contribution in [0.25, 0.3) is 0 Å². The number of hydrogen-bond donors (Lipinski definition) is 1. The van der Waals surface area contributed by atoms with Crippen molar-refractivity contribution in [3.05, 3.63) is 51.6 Å². The van der Waals surface area contributed by atoms with Crippen LogP contribution in [-0.2, 0) is 13.5 Å². The fourth-order valence-corrected chi connectivity index (χ4v) is 2.92. The van der Waals surface area contributed by atoms with Crippen LogP contribution >= 0.6 is 11.6 Å². The molecule has 0 aliphatic carbocycles. The average molecular weight is 310 g/mol. The largest absolute Gasteiger partial charge is 0.310 e. The van der Waals surface area contributed by atoms with Crippen LogP contribution in [0, 0.1) is 19.7 Å². The first-order chi connectivity index (χ1) is 9.93. The maximum atomic E-state index is 13.3. The maximum absolute atomic E-state index is 13.3. The SMILES string of the molecule is CCNC(Cc1ccc(F)c(Cl)c1)c1c(C)nn(C)c1C. The van der Waals surface area contributed by atoms with Crippen LogP contribution in [0.15, 0.2) is 18.2 Å². The summed E-state index contributed by atoms with van der Waals surface area (Å²) in [7, 11) is 1.95. The molecule has 0 aliphatic heterocycles. The second-order valence-electron chi connectivity index (χ2n) is 5.27. The van der Waals surface area contributed by atoms with Gasteiger partial charge in [0.05, 0.1) is 10.7 Å². The summed E-state index contributed by atoms with van der Waals surface area (Å²) in [4.78, 5) is 0. The number of halogens is 2. The molecule has 0 fully saturated rings. The van der Waals surface area contributed by atoms with Crippen molar-refractivity contribution < 1.29 is 4.39 Å². The fraction of sp³-hybridized carbons (Fsp3) is 0.438. The summed E-state index contributed by atoms with van der Waals surface area (Å²) in [5.41, 5.74) is 4.38. The minimum Gasteiger partial charge on any atom is -0.310 e. The molecule has 3 nitrogen and oxygen atoms in total. The molecule has 0 radical (unpaired) electrons. The molecule has 0 bridgehead atoms. The smallest absolute Gasteiger partial charge is 0.141 e. The van der Waals surface area contributed by atoms with Crippen LogP contribution in [-0.4, -0.2) is 16.3 Å². The third-order valence-corrected chi connectivity index (χ3v) is 4.08. The first-order valence-corrected chi connectivity index (χ1v) is 7.49. The molecule has 1 atom stereocenters. The van der Waals surface area contributed by atoms with Crippen LogP contribution in [0.3, 0.4) is 0 Å². The van der Waals surface area contributed by atoms with Crippen molar-refractivity contribution in [1.29, 1.82) is 0 Å². The lowest BCUT2D eigenvalue weighted by atomic mass is 9.97. The lowest BCUT2D eigenvalue weighted by Gasteiger charge is -2.19. The van der Waals surface area contributed by atoms with Gasteiger partial charge in [-0.25, -0.2) is 4.39 Å². The van der Waals surface area contributed by atoms with Crippen LogP contribution in [0.1, 0.15) is 35.5 Å². The van der Waals surface area contributed by atoms with E-state index in [1.54, 1.807) is 12.1 Å². The van der Waals surface area contributed by atoms with Gasteiger partial charge in [-0.1, -0.05) is 24.6 Å². The second-order valence-corrected chi connectivity index (χ2v) is 5.68. The van der Waals surface area contributed by atoms with E-state index in [0.29, 0.717) is 0 Å². The monoisotopic (exact) mass is 309 g/mol. The molecule has 0 amide bonds. The van der Waals surface area contributed by atoms with Gasteiger partial charge in [-0.3, -0.25) is 4.68 Å². The Balaban J connectivity index is 2.32. The van der Waals surface area contributed by atoms with Crippen molar-refractivity contribution in [2.24, 2.45) is 7.05 Å². The molecule has 0 spiro atoms. The Bertz CT molecular complexity index is 637. The number of aryl methyl sites for hydroxylation is 2. The maximum Gasteiger partial charge on any atom is 0.141 e. The molecule has 0 aliphatic rings. The Morgan fingerprint density at radius 1 is 1.38 bits per heavy atom. The van der Waals surface area contributed by atoms with Crippen LogP contribution in [0.2, 0.25) is 5.02 Å². The topological polar surface area (TPSA) is 29.9 Å². The number of aromatic nitrogens is 2. The molecule has 1 N–H and O–H groups in total. The van der Waals surface area contributed by atoms with Gasteiger partial charge >= 0.3 is 0 Å². The summed E-state index contributed by atoms with van der Waals surface area (Å²) in [5, 5.41) is 8.13. The minimum atomic E-state index is -0.380. The first-order valence-electron chi connectivity index (χ1n) is 7.11. The Morgan fingerprint density at radius 3 is 2.62 bits per heavy atom. The summed E-state index contributed by atoms with van der Waals surface area (Å²) >= 11 is 5.88. The summed E-state index contributed by atoms with van der Waals surface area (Å²) in [5.74, 6) is -0.380. The summed E-state index contributed by atoms with van der Waals surface area (Å²) in [6, 6.07) is 5.05. The highest BCUT2D eigenvalue weighted by atomic mass is 35.5. The van der Waals surface area contributed by atoms with Crippen molar-refractivity contribution in [1.82, 2.24) is 15.1 Å². The highest BCUT2D eigenvalue weighted by molar-refractivity contribution is 6.30. The van der Waals surface area contributed by atoms with Gasteiger partial charge < -0.3 is 5.32 Å². The third kappa shape index (κ3) is 3.44. The summed E-state index contributed by atoms with van der Waals surface area (Å²) < 4.78 is 15.2. The molecule has 2 rings (SSSR count). The van der Waals surface area contributed by atoms with E-state index in [2.05, 4.69) is 24.3 Å². The number of nitrogens with zero attached hydrogens (tertiary/aromatic N) is 2. The van der Waals surface area contributed by atoms with E-state index in [9.17, 15) is 4.39 Å². The molecule has 1 heterocycles. The van der Waals surface area contributed by atoms with Gasteiger partial charge in [-0.05, 0) is 44.5 Å². The Morgan fingerprint density at radius 2 is 2.10 bits per heavy atom. The summed E-state index contributed by atoms with van der Waals surface area (Å²) in [6.07, 6.45) is 0.751. The quantitative estimate of drug-likeness (QED) is 0.912. The Kier molecular flexibility index (Phi) is 5.01. The molecule has 1 aromatic heterocycles. The van der Waals surface area contributed by atoms with E-state index >= 15 is 0 Å². The van der Waals surface area contributed by atoms with Gasteiger partial charge in [0, 0.05) is 24.3 Å². The Labute approximate surface area is 130 Å². The van der Waals surface area contributed by atoms with Gasteiger partial charge in [0.1, 0.15) is 5.82 Å². The van der Waals surface area contributed by atoms with Gasteiger partial charge in [0.2, 0.25) is 0 Å². The molecule has 2 aromatic rings. The number of benzene rings is 1.